The third kappa shape index (κ3) is 5.83. The quantitative estimate of drug-likeness (QED) is 0.617. The molecule has 0 aromatic heterocycles. The smallest absolute Gasteiger partial charge is 0.253 e. The molecular formula is C19H27N3O3. The molecule has 2 rings (SSSR count). The zero-order valence-electron chi connectivity index (χ0n) is 15.4. The molecule has 0 spiro atoms. The first-order valence-electron chi connectivity index (χ1n) is 8.50. The van der Waals surface area contributed by atoms with Gasteiger partial charge in [-0.15, -0.1) is 0 Å². The third-order valence-corrected chi connectivity index (χ3v) is 3.94. The highest BCUT2D eigenvalue weighted by atomic mass is 16.2. The molecule has 0 bridgehead atoms. The molecular weight excluding hydrogens is 318 g/mol. The van der Waals surface area contributed by atoms with Crippen LogP contribution in [0.3, 0.4) is 0 Å². The van der Waals surface area contributed by atoms with E-state index in [1.807, 2.05) is 25.8 Å². The van der Waals surface area contributed by atoms with Gasteiger partial charge in [0.05, 0.1) is 0 Å². The maximum atomic E-state index is 12.4. The van der Waals surface area contributed by atoms with Crippen LogP contribution in [-0.4, -0.2) is 68.2 Å². The summed E-state index contributed by atoms with van der Waals surface area (Å²) in [6.07, 6.45) is 2.92. The molecule has 25 heavy (non-hydrogen) atoms. The molecule has 6 nitrogen and oxygen atoms in total. The maximum absolute atomic E-state index is 12.4. The topological polar surface area (TPSA) is 60.9 Å². The predicted molar refractivity (Wildman–Crippen MR) is 99.8 cm³/mol. The second-order valence-corrected chi connectivity index (χ2v) is 5.53. The van der Waals surface area contributed by atoms with Crippen molar-refractivity contribution in [1.29, 1.82) is 0 Å². The molecule has 1 aromatic rings. The molecule has 0 atom stereocenters. The third-order valence-electron chi connectivity index (χ3n) is 3.94. The van der Waals surface area contributed by atoms with Gasteiger partial charge in [0.15, 0.2) is 0 Å². The second-order valence-electron chi connectivity index (χ2n) is 5.53. The predicted octanol–water partition coefficient (Wildman–Crippen LogP) is 1.82. The molecule has 1 aliphatic heterocycles. The average Bonchev–Trinajstić information content (AvgIpc) is 2.67. The van der Waals surface area contributed by atoms with E-state index in [9.17, 15) is 14.4 Å². The van der Waals surface area contributed by atoms with Crippen molar-refractivity contribution in [2.75, 3.05) is 45.2 Å². The van der Waals surface area contributed by atoms with Crippen molar-refractivity contribution in [1.82, 2.24) is 9.80 Å². The van der Waals surface area contributed by atoms with Crippen molar-refractivity contribution in [2.45, 2.75) is 13.8 Å². The van der Waals surface area contributed by atoms with Gasteiger partial charge < -0.3 is 14.7 Å². The lowest BCUT2D eigenvalue weighted by Gasteiger charge is -2.32. The summed E-state index contributed by atoms with van der Waals surface area (Å²) >= 11 is 0. The van der Waals surface area contributed by atoms with Crippen LogP contribution in [0, 0.1) is 0 Å². The first-order valence-corrected chi connectivity index (χ1v) is 8.50. The first-order chi connectivity index (χ1) is 12.0. The Morgan fingerprint density at radius 1 is 1.04 bits per heavy atom. The number of nitrogens with zero attached hydrogens (tertiary/aromatic N) is 3. The number of rotatable bonds is 4. The first kappa shape index (κ1) is 20.6. The van der Waals surface area contributed by atoms with E-state index in [1.54, 1.807) is 31.3 Å². The van der Waals surface area contributed by atoms with E-state index in [0.29, 0.717) is 17.5 Å². The molecule has 0 unspecified atom stereocenters. The number of allylic oxidation sites excluding steroid dienone is 1. The van der Waals surface area contributed by atoms with Gasteiger partial charge in [-0.3, -0.25) is 14.4 Å². The summed E-state index contributed by atoms with van der Waals surface area (Å²) in [5.74, 6) is -0.283. The van der Waals surface area contributed by atoms with Crippen molar-refractivity contribution >= 4 is 23.8 Å². The van der Waals surface area contributed by atoms with Crippen molar-refractivity contribution in [3.63, 3.8) is 0 Å². The van der Waals surface area contributed by atoms with Crippen molar-refractivity contribution in [2.24, 2.45) is 0 Å². The second kappa shape index (κ2) is 10.4. The van der Waals surface area contributed by atoms with Crippen LogP contribution < -0.4 is 4.90 Å². The van der Waals surface area contributed by atoms with Gasteiger partial charge in [-0.2, -0.15) is 0 Å². The zero-order valence-corrected chi connectivity index (χ0v) is 15.4. The van der Waals surface area contributed by atoms with Crippen LogP contribution in [0.1, 0.15) is 24.2 Å². The lowest BCUT2D eigenvalue weighted by Crippen LogP contribution is -2.47. The maximum Gasteiger partial charge on any atom is 0.253 e. The van der Waals surface area contributed by atoms with Crippen LogP contribution in [-0.2, 0) is 9.59 Å². The van der Waals surface area contributed by atoms with Gasteiger partial charge in [0.1, 0.15) is 6.29 Å². The summed E-state index contributed by atoms with van der Waals surface area (Å²) in [4.78, 5) is 40.0. The highest BCUT2D eigenvalue weighted by Gasteiger charge is 2.20. The highest BCUT2D eigenvalue weighted by molar-refractivity contribution is 6.03. The number of hydrogen-bond acceptors (Lipinski definition) is 4. The van der Waals surface area contributed by atoms with Crippen molar-refractivity contribution in [3.8, 4) is 0 Å². The van der Waals surface area contributed by atoms with Crippen LogP contribution >= 0.6 is 0 Å². The van der Waals surface area contributed by atoms with E-state index >= 15 is 0 Å². The molecule has 2 amide bonds. The lowest BCUT2D eigenvalue weighted by atomic mass is 10.1. The number of carbonyl (C=O) groups is 3. The Morgan fingerprint density at radius 3 is 2.12 bits per heavy atom. The summed E-state index contributed by atoms with van der Waals surface area (Å²) < 4.78 is 0. The molecule has 0 radical (unpaired) electrons. The van der Waals surface area contributed by atoms with Gasteiger partial charge in [-0.05, 0) is 37.4 Å². The van der Waals surface area contributed by atoms with Crippen molar-refractivity contribution in [3.05, 3.63) is 42.0 Å². The molecule has 0 N–H and O–H groups in total. The van der Waals surface area contributed by atoms with E-state index < -0.39 is 0 Å². The molecule has 0 aliphatic carbocycles. The van der Waals surface area contributed by atoms with E-state index in [-0.39, 0.29) is 11.8 Å². The summed E-state index contributed by atoms with van der Waals surface area (Å²) in [5, 5.41) is 0. The summed E-state index contributed by atoms with van der Waals surface area (Å²) in [5.41, 5.74) is 1.28. The Kier molecular flexibility index (Phi) is 8.56. The fourth-order valence-electron chi connectivity index (χ4n) is 2.38. The van der Waals surface area contributed by atoms with E-state index in [0.717, 1.165) is 32.3 Å². The highest BCUT2D eigenvalue weighted by Crippen LogP contribution is 2.16. The van der Waals surface area contributed by atoms with Crippen molar-refractivity contribution < 1.29 is 14.4 Å². The summed E-state index contributed by atoms with van der Waals surface area (Å²) in [6, 6.07) is 6.91. The van der Waals surface area contributed by atoms with Crippen LogP contribution in [0.25, 0.3) is 0 Å². The van der Waals surface area contributed by atoms with E-state index in [1.165, 1.54) is 11.0 Å². The number of carbonyl (C=O) groups excluding carboxylic acids is 3. The van der Waals surface area contributed by atoms with Crippen LogP contribution in [0.2, 0.25) is 0 Å². The number of anilines is 1. The Labute approximate surface area is 149 Å². The van der Waals surface area contributed by atoms with E-state index in [4.69, 9.17) is 0 Å². The largest absolute Gasteiger partial charge is 0.336 e. The summed E-state index contributed by atoms with van der Waals surface area (Å²) in [6.45, 7) is 7.21. The Balaban J connectivity index is 0.00000151. The SMILES string of the molecule is CC.CN1CCN(C(=O)c2ccc(N(C)C(=O)/C=C\C=O)cc2)CC1. The van der Waals surface area contributed by atoms with Gasteiger partial charge in [0.2, 0.25) is 0 Å². The van der Waals surface area contributed by atoms with Crippen LogP contribution in [0.15, 0.2) is 36.4 Å². The minimum Gasteiger partial charge on any atom is -0.336 e. The minimum atomic E-state index is -0.296. The number of benzene rings is 1. The lowest BCUT2D eigenvalue weighted by molar-refractivity contribution is -0.114. The normalized spacial score (nSPS) is 14.6. The van der Waals surface area contributed by atoms with Gasteiger partial charge in [0.25, 0.3) is 11.8 Å². The zero-order chi connectivity index (χ0) is 18.8. The Bertz CT molecular complexity index is 603. The number of likely N-dealkylation sites (N-methyl/N-ethyl adjacent to an activating group) is 2. The minimum absolute atomic E-state index is 0.0134. The average molecular weight is 345 g/mol. The molecule has 6 heteroatoms. The molecule has 1 aliphatic rings. The standard InChI is InChI=1S/C17H21N3O3.C2H6/c1-18-9-11-20(12-10-18)17(23)14-5-7-15(8-6-14)19(2)16(22)4-3-13-21;1-2/h3-8,13H,9-12H2,1-2H3;1-2H3/b4-3-;. The van der Waals surface area contributed by atoms with Crippen LogP contribution in [0.5, 0.6) is 0 Å². The molecule has 1 aromatic carbocycles. The van der Waals surface area contributed by atoms with Gasteiger partial charge in [-0.1, -0.05) is 13.8 Å². The fourth-order valence-corrected chi connectivity index (χ4v) is 2.38. The van der Waals surface area contributed by atoms with Gasteiger partial charge in [-0.25, -0.2) is 0 Å². The molecule has 1 saturated heterocycles. The van der Waals surface area contributed by atoms with E-state index in [2.05, 4.69) is 4.90 Å². The van der Waals surface area contributed by atoms with Gasteiger partial charge >= 0.3 is 0 Å². The molecule has 1 fully saturated rings. The number of piperazine rings is 1. The van der Waals surface area contributed by atoms with Gasteiger partial charge in [0, 0.05) is 50.6 Å². The molecule has 0 saturated carbocycles. The number of hydrogen-bond donors (Lipinski definition) is 0. The number of aldehydes is 1. The molecule has 1 heterocycles. The number of amides is 2. The Morgan fingerprint density at radius 2 is 1.60 bits per heavy atom. The summed E-state index contributed by atoms with van der Waals surface area (Å²) in [7, 11) is 3.66. The molecule has 136 valence electrons. The van der Waals surface area contributed by atoms with Crippen LogP contribution in [0.4, 0.5) is 5.69 Å². The fraction of sp³-hybridized carbons (Fsp3) is 0.421. The Hall–Kier alpha value is -2.47. The monoisotopic (exact) mass is 345 g/mol.